The van der Waals surface area contributed by atoms with Gasteiger partial charge in [0.05, 0.1) is 6.42 Å². The molecule has 0 aliphatic carbocycles. The van der Waals surface area contributed by atoms with Gasteiger partial charge in [-0.1, -0.05) is 29.8 Å². The van der Waals surface area contributed by atoms with Crippen molar-refractivity contribution in [2.45, 2.75) is 6.42 Å². The van der Waals surface area contributed by atoms with E-state index in [2.05, 4.69) is 10.6 Å². The molecule has 25 heavy (non-hydrogen) atoms. The highest BCUT2D eigenvalue weighted by Crippen LogP contribution is 2.10. The number of carbonyl (C=O) groups is 3. The van der Waals surface area contributed by atoms with E-state index in [0.717, 1.165) is 0 Å². The normalized spacial score (nSPS) is 9.96. The predicted molar refractivity (Wildman–Crippen MR) is 94.8 cm³/mol. The third-order valence-corrected chi connectivity index (χ3v) is 3.43. The Balaban J connectivity index is 1.64. The molecule has 7 heteroatoms. The van der Waals surface area contributed by atoms with Crippen LogP contribution >= 0.6 is 11.6 Å². The number of carbonyl (C=O) groups excluding carboxylic acids is 3. The van der Waals surface area contributed by atoms with Crippen LogP contribution in [0.3, 0.4) is 0 Å². The summed E-state index contributed by atoms with van der Waals surface area (Å²) < 4.78 is 4.90. The predicted octanol–water partition coefficient (Wildman–Crippen LogP) is 3.28. The van der Waals surface area contributed by atoms with Crippen molar-refractivity contribution in [1.82, 2.24) is 5.32 Å². The lowest BCUT2D eigenvalue weighted by Crippen LogP contribution is -2.31. The second-order valence-electron chi connectivity index (χ2n) is 5.09. The molecular formula is C18H17ClN2O4. The number of rotatable bonds is 7. The molecule has 0 aliphatic rings. The molecule has 0 saturated carbocycles. The number of esters is 1. The number of anilines is 1. The summed E-state index contributed by atoms with van der Waals surface area (Å²) in [5.41, 5.74) is 1.06. The van der Waals surface area contributed by atoms with Gasteiger partial charge in [0.15, 0.2) is 12.4 Å². The molecule has 2 N–H and O–H groups in total. The van der Waals surface area contributed by atoms with Gasteiger partial charge in [0.2, 0.25) is 0 Å². The Kier molecular flexibility index (Phi) is 6.98. The quantitative estimate of drug-likeness (QED) is 0.586. The summed E-state index contributed by atoms with van der Waals surface area (Å²) in [7, 11) is 0. The molecule has 6 nitrogen and oxygen atoms in total. The second kappa shape index (κ2) is 9.44. The van der Waals surface area contributed by atoms with E-state index in [4.69, 9.17) is 16.3 Å². The van der Waals surface area contributed by atoms with E-state index >= 15 is 0 Å². The first kappa shape index (κ1) is 18.5. The Morgan fingerprint density at radius 2 is 1.64 bits per heavy atom. The van der Waals surface area contributed by atoms with Crippen LogP contribution in [0.2, 0.25) is 5.02 Å². The number of ether oxygens (including phenoxy) is 1. The van der Waals surface area contributed by atoms with E-state index in [9.17, 15) is 14.4 Å². The summed E-state index contributed by atoms with van der Waals surface area (Å²) in [6, 6.07) is 14.8. The molecule has 2 aromatic rings. The average molecular weight is 361 g/mol. The SMILES string of the molecule is O=C(NCCC(=O)OCC(=O)c1ccc(Cl)cc1)Nc1ccccc1. The zero-order chi connectivity index (χ0) is 18.1. The first-order valence-corrected chi connectivity index (χ1v) is 7.96. The van der Waals surface area contributed by atoms with E-state index in [1.807, 2.05) is 6.07 Å². The number of hydrogen-bond acceptors (Lipinski definition) is 4. The minimum Gasteiger partial charge on any atom is -0.457 e. The molecule has 2 rings (SSSR count). The lowest BCUT2D eigenvalue weighted by molar-refractivity contribution is -0.142. The number of hydrogen-bond donors (Lipinski definition) is 2. The fraction of sp³-hybridized carbons (Fsp3) is 0.167. The molecule has 130 valence electrons. The van der Waals surface area contributed by atoms with Crippen molar-refractivity contribution in [1.29, 1.82) is 0 Å². The number of benzene rings is 2. The van der Waals surface area contributed by atoms with Crippen LogP contribution in [0.4, 0.5) is 10.5 Å². The van der Waals surface area contributed by atoms with Crippen LogP contribution in [-0.2, 0) is 9.53 Å². The number of para-hydroxylation sites is 1. The second-order valence-corrected chi connectivity index (χ2v) is 5.52. The molecule has 0 heterocycles. The van der Waals surface area contributed by atoms with Crippen molar-refractivity contribution in [3.8, 4) is 0 Å². The number of amides is 2. The van der Waals surface area contributed by atoms with E-state index in [1.165, 1.54) is 0 Å². The number of urea groups is 1. The Hall–Kier alpha value is -2.86. The van der Waals surface area contributed by atoms with Gasteiger partial charge in [-0.25, -0.2) is 4.79 Å². The van der Waals surface area contributed by atoms with Crippen LogP contribution in [0.15, 0.2) is 54.6 Å². The molecule has 2 aromatic carbocycles. The van der Waals surface area contributed by atoms with Gasteiger partial charge in [-0.3, -0.25) is 9.59 Å². The largest absolute Gasteiger partial charge is 0.457 e. The minimum atomic E-state index is -0.567. The maximum Gasteiger partial charge on any atom is 0.319 e. The van der Waals surface area contributed by atoms with Crippen LogP contribution in [0, 0.1) is 0 Å². The van der Waals surface area contributed by atoms with E-state index in [-0.39, 0.29) is 25.4 Å². The van der Waals surface area contributed by atoms with Crippen molar-refractivity contribution in [3.05, 3.63) is 65.2 Å². The van der Waals surface area contributed by atoms with Crippen molar-refractivity contribution < 1.29 is 19.1 Å². The van der Waals surface area contributed by atoms with Gasteiger partial charge >= 0.3 is 12.0 Å². The summed E-state index contributed by atoms with van der Waals surface area (Å²) in [5, 5.41) is 5.68. The van der Waals surface area contributed by atoms with Gasteiger partial charge in [-0.05, 0) is 36.4 Å². The zero-order valence-corrected chi connectivity index (χ0v) is 14.1. The van der Waals surface area contributed by atoms with Crippen LogP contribution in [0.5, 0.6) is 0 Å². The van der Waals surface area contributed by atoms with Crippen LogP contribution < -0.4 is 10.6 Å². The summed E-state index contributed by atoms with van der Waals surface area (Å²) in [4.78, 5) is 35.1. The summed E-state index contributed by atoms with van der Waals surface area (Å²) in [5.74, 6) is -0.887. The molecule has 0 fully saturated rings. The van der Waals surface area contributed by atoms with Gasteiger partial charge in [0.25, 0.3) is 0 Å². The molecular weight excluding hydrogens is 344 g/mol. The van der Waals surface area contributed by atoms with Gasteiger partial charge in [-0.2, -0.15) is 0 Å². The maximum absolute atomic E-state index is 11.8. The first-order chi connectivity index (χ1) is 12.0. The highest BCUT2D eigenvalue weighted by atomic mass is 35.5. The third-order valence-electron chi connectivity index (χ3n) is 3.18. The van der Waals surface area contributed by atoms with Crippen LogP contribution in [0.1, 0.15) is 16.8 Å². The zero-order valence-electron chi connectivity index (χ0n) is 13.3. The molecule has 0 aliphatic heterocycles. The van der Waals surface area contributed by atoms with Crippen LogP contribution in [-0.4, -0.2) is 30.9 Å². The molecule has 0 aromatic heterocycles. The number of halogens is 1. The lowest BCUT2D eigenvalue weighted by atomic mass is 10.1. The highest BCUT2D eigenvalue weighted by Gasteiger charge is 2.10. The van der Waals surface area contributed by atoms with E-state index in [1.54, 1.807) is 48.5 Å². The highest BCUT2D eigenvalue weighted by molar-refractivity contribution is 6.30. The summed E-state index contributed by atoms with van der Waals surface area (Å²) in [6.07, 6.45) is -0.0316. The van der Waals surface area contributed by atoms with Gasteiger partial charge in [0.1, 0.15) is 0 Å². The van der Waals surface area contributed by atoms with Gasteiger partial charge < -0.3 is 15.4 Å². The fourth-order valence-electron chi connectivity index (χ4n) is 1.91. The third kappa shape index (κ3) is 6.64. The van der Waals surface area contributed by atoms with E-state index < -0.39 is 12.0 Å². The molecule has 0 unspecified atom stereocenters. The average Bonchev–Trinajstić information content (AvgIpc) is 2.61. The Bertz CT molecular complexity index is 733. The van der Waals surface area contributed by atoms with Crippen molar-refractivity contribution in [2.24, 2.45) is 0 Å². The van der Waals surface area contributed by atoms with Crippen molar-refractivity contribution in [2.75, 3.05) is 18.5 Å². The summed E-state index contributed by atoms with van der Waals surface area (Å²) in [6.45, 7) is -0.247. The van der Waals surface area contributed by atoms with Crippen molar-refractivity contribution in [3.63, 3.8) is 0 Å². The lowest BCUT2D eigenvalue weighted by Gasteiger charge is -2.07. The Morgan fingerprint density at radius 1 is 0.960 bits per heavy atom. The Labute approximate surface area is 150 Å². The van der Waals surface area contributed by atoms with Crippen molar-refractivity contribution >= 4 is 35.1 Å². The maximum atomic E-state index is 11.8. The van der Waals surface area contributed by atoms with Gasteiger partial charge in [-0.15, -0.1) is 0 Å². The van der Waals surface area contributed by atoms with E-state index in [0.29, 0.717) is 16.3 Å². The molecule has 0 spiro atoms. The number of ketones is 1. The van der Waals surface area contributed by atoms with Gasteiger partial charge in [0, 0.05) is 22.8 Å². The number of nitrogens with one attached hydrogen (secondary N) is 2. The molecule has 0 saturated heterocycles. The topological polar surface area (TPSA) is 84.5 Å². The standard InChI is InChI=1S/C18H17ClN2O4/c19-14-8-6-13(7-9-14)16(22)12-25-17(23)10-11-20-18(24)21-15-4-2-1-3-5-15/h1-9H,10-12H2,(H2,20,21,24). The first-order valence-electron chi connectivity index (χ1n) is 7.59. The minimum absolute atomic E-state index is 0.0316. The van der Waals surface area contributed by atoms with Crippen LogP contribution in [0.25, 0.3) is 0 Å². The summed E-state index contributed by atoms with van der Waals surface area (Å²) >= 11 is 5.74. The Morgan fingerprint density at radius 3 is 2.32 bits per heavy atom. The molecule has 2 amide bonds. The molecule has 0 radical (unpaired) electrons. The number of Topliss-reactive ketones (excluding diaryl/α,β-unsaturated/α-hetero) is 1. The smallest absolute Gasteiger partial charge is 0.319 e. The monoisotopic (exact) mass is 360 g/mol. The fourth-order valence-corrected chi connectivity index (χ4v) is 2.04. The molecule has 0 atom stereocenters. The molecule has 0 bridgehead atoms.